The van der Waals surface area contributed by atoms with Crippen LogP contribution in [0.2, 0.25) is 0 Å². The highest BCUT2D eigenvalue weighted by molar-refractivity contribution is 5.77. The molecule has 0 saturated heterocycles. The van der Waals surface area contributed by atoms with E-state index in [1.165, 1.54) is 0 Å². The molecule has 0 aliphatic heterocycles. The largest absolute Gasteiger partial charge is 0.459 e. The average molecular weight is 274 g/mol. The average Bonchev–Trinajstić information content (AvgIpc) is 2.81. The molecule has 110 valence electrons. The summed E-state index contributed by atoms with van der Waals surface area (Å²) in [6.07, 6.45) is 0. The van der Waals surface area contributed by atoms with Crippen molar-refractivity contribution in [1.82, 2.24) is 4.90 Å². The van der Waals surface area contributed by atoms with Crippen LogP contribution in [0, 0.1) is 5.92 Å². The topological polar surface area (TPSA) is 42.4 Å². The van der Waals surface area contributed by atoms with E-state index >= 15 is 0 Å². The van der Waals surface area contributed by atoms with E-state index in [4.69, 9.17) is 10.2 Å². The van der Waals surface area contributed by atoms with Gasteiger partial charge in [-0.15, -0.1) is 0 Å². The third-order valence-electron chi connectivity index (χ3n) is 3.57. The second-order valence-electron chi connectivity index (χ2n) is 6.23. The Hall–Kier alpha value is -1.32. The van der Waals surface area contributed by atoms with Gasteiger partial charge in [-0.2, -0.15) is 0 Å². The van der Waals surface area contributed by atoms with Crippen LogP contribution in [-0.4, -0.2) is 24.0 Å². The number of fused-ring (bicyclic) bond motifs is 1. The Labute approximate surface area is 121 Å². The lowest BCUT2D eigenvalue weighted by Gasteiger charge is -2.30. The SMILES string of the molecule is CC(C)CN(CC(N)c1cc2ccccc2o1)C(C)C. The van der Waals surface area contributed by atoms with Crippen LogP contribution in [0.1, 0.15) is 39.5 Å². The van der Waals surface area contributed by atoms with Crippen molar-refractivity contribution in [2.75, 3.05) is 13.1 Å². The van der Waals surface area contributed by atoms with Crippen LogP contribution >= 0.6 is 0 Å². The molecule has 0 bridgehead atoms. The highest BCUT2D eigenvalue weighted by Crippen LogP contribution is 2.23. The molecule has 3 nitrogen and oxygen atoms in total. The van der Waals surface area contributed by atoms with Crippen LogP contribution in [-0.2, 0) is 0 Å². The Balaban J connectivity index is 2.11. The minimum absolute atomic E-state index is 0.0800. The van der Waals surface area contributed by atoms with Crippen molar-refractivity contribution in [2.24, 2.45) is 11.7 Å². The predicted octanol–water partition coefficient (Wildman–Crippen LogP) is 3.80. The second-order valence-corrected chi connectivity index (χ2v) is 6.23. The maximum absolute atomic E-state index is 6.34. The summed E-state index contributed by atoms with van der Waals surface area (Å²) in [5.74, 6) is 1.51. The van der Waals surface area contributed by atoms with Gasteiger partial charge in [-0.05, 0) is 31.9 Å². The van der Waals surface area contributed by atoms with E-state index in [1.807, 2.05) is 18.2 Å². The molecule has 20 heavy (non-hydrogen) atoms. The molecule has 0 spiro atoms. The Kier molecular flexibility index (Phi) is 4.84. The lowest BCUT2D eigenvalue weighted by molar-refractivity contribution is 0.181. The number of nitrogens with two attached hydrogens (primary N) is 1. The molecule has 0 radical (unpaired) electrons. The predicted molar refractivity (Wildman–Crippen MR) is 84.7 cm³/mol. The maximum Gasteiger partial charge on any atom is 0.134 e. The number of para-hydroxylation sites is 1. The van der Waals surface area contributed by atoms with Crippen molar-refractivity contribution in [1.29, 1.82) is 0 Å². The Morgan fingerprint density at radius 2 is 1.80 bits per heavy atom. The molecule has 0 saturated carbocycles. The molecule has 3 heteroatoms. The van der Waals surface area contributed by atoms with E-state index < -0.39 is 0 Å². The van der Waals surface area contributed by atoms with Crippen LogP contribution in [0.25, 0.3) is 11.0 Å². The monoisotopic (exact) mass is 274 g/mol. The number of hydrogen-bond donors (Lipinski definition) is 1. The Bertz CT molecular complexity index is 512. The number of benzene rings is 1. The van der Waals surface area contributed by atoms with Gasteiger partial charge in [0.2, 0.25) is 0 Å². The van der Waals surface area contributed by atoms with Gasteiger partial charge in [0.25, 0.3) is 0 Å². The van der Waals surface area contributed by atoms with E-state index in [2.05, 4.69) is 44.7 Å². The fourth-order valence-corrected chi connectivity index (χ4v) is 2.49. The van der Waals surface area contributed by atoms with Gasteiger partial charge in [0.15, 0.2) is 0 Å². The smallest absolute Gasteiger partial charge is 0.134 e. The van der Waals surface area contributed by atoms with Gasteiger partial charge in [-0.25, -0.2) is 0 Å². The normalized spacial score (nSPS) is 13.8. The van der Waals surface area contributed by atoms with Crippen molar-refractivity contribution in [3.8, 4) is 0 Å². The third kappa shape index (κ3) is 3.62. The lowest BCUT2D eigenvalue weighted by Crippen LogP contribution is -2.39. The first-order chi connectivity index (χ1) is 9.47. The highest BCUT2D eigenvalue weighted by atomic mass is 16.3. The van der Waals surface area contributed by atoms with E-state index in [0.29, 0.717) is 12.0 Å². The first-order valence-corrected chi connectivity index (χ1v) is 7.45. The summed E-state index contributed by atoms with van der Waals surface area (Å²) in [5.41, 5.74) is 7.25. The number of nitrogens with zero attached hydrogens (tertiary/aromatic N) is 1. The van der Waals surface area contributed by atoms with Crippen molar-refractivity contribution in [2.45, 2.75) is 39.8 Å². The van der Waals surface area contributed by atoms with Gasteiger partial charge in [-0.1, -0.05) is 32.0 Å². The van der Waals surface area contributed by atoms with Gasteiger partial charge in [-0.3, -0.25) is 4.90 Å². The third-order valence-corrected chi connectivity index (χ3v) is 3.57. The highest BCUT2D eigenvalue weighted by Gasteiger charge is 2.18. The molecule has 1 atom stereocenters. The van der Waals surface area contributed by atoms with Crippen molar-refractivity contribution in [3.63, 3.8) is 0 Å². The first-order valence-electron chi connectivity index (χ1n) is 7.45. The summed E-state index contributed by atoms with van der Waals surface area (Å²) in [6.45, 7) is 10.8. The minimum atomic E-state index is -0.0800. The molecule has 1 heterocycles. The standard InChI is InChI=1S/C17H26N2O/c1-12(2)10-19(13(3)4)11-15(18)17-9-14-7-5-6-8-16(14)20-17/h5-9,12-13,15H,10-11,18H2,1-4H3. The molecule has 2 rings (SSSR count). The number of furan rings is 1. The molecular formula is C17H26N2O. The number of rotatable bonds is 6. The maximum atomic E-state index is 6.34. The molecule has 0 fully saturated rings. The van der Waals surface area contributed by atoms with Gasteiger partial charge in [0.1, 0.15) is 11.3 Å². The van der Waals surface area contributed by atoms with E-state index in [1.54, 1.807) is 0 Å². The molecule has 1 aromatic carbocycles. The van der Waals surface area contributed by atoms with E-state index in [-0.39, 0.29) is 6.04 Å². The molecule has 2 aromatic rings. The molecule has 0 aliphatic rings. The number of hydrogen-bond acceptors (Lipinski definition) is 3. The van der Waals surface area contributed by atoms with Crippen molar-refractivity contribution >= 4 is 11.0 Å². The molecule has 0 aliphatic carbocycles. The van der Waals surface area contributed by atoms with Crippen LogP contribution in [0.4, 0.5) is 0 Å². The molecule has 0 amide bonds. The van der Waals surface area contributed by atoms with Crippen LogP contribution in [0.15, 0.2) is 34.7 Å². The fraction of sp³-hybridized carbons (Fsp3) is 0.529. The molecular weight excluding hydrogens is 248 g/mol. The second kappa shape index (κ2) is 6.42. The van der Waals surface area contributed by atoms with Gasteiger partial charge in [0.05, 0.1) is 6.04 Å². The lowest BCUT2D eigenvalue weighted by atomic mass is 10.1. The summed E-state index contributed by atoms with van der Waals surface area (Å²) in [5, 5.41) is 1.12. The van der Waals surface area contributed by atoms with Crippen molar-refractivity contribution in [3.05, 3.63) is 36.1 Å². The summed E-state index contributed by atoms with van der Waals surface area (Å²) < 4.78 is 5.86. The Morgan fingerprint density at radius 1 is 1.10 bits per heavy atom. The van der Waals surface area contributed by atoms with E-state index in [0.717, 1.165) is 29.8 Å². The zero-order chi connectivity index (χ0) is 14.7. The van der Waals surface area contributed by atoms with Gasteiger partial charge < -0.3 is 10.2 Å². The van der Waals surface area contributed by atoms with Crippen molar-refractivity contribution < 1.29 is 4.42 Å². The van der Waals surface area contributed by atoms with Crippen LogP contribution < -0.4 is 5.73 Å². The zero-order valence-electron chi connectivity index (χ0n) is 13.0. The van der Waals surface area contributed by atoms with Crippen LogP contribution in [0.5, 0.6) is 0 Å². The quantitative estimate of drug-likeness (QED) is 0.871. The van der Waals surface area contributed by atoms with Crippen LogP contribution in [0.3, 0.4) is 0 Å². The minimum Gasteiger partial charge on any atom is -0.459 e. The van der Waals surface area contributed by atoms with Gasteiger partial charge >= 0.3 is 0 Å². The Morgan fingerprint density at radius 3 is 2.40 bits per heavy atom. The summed E-state index contributed by atoms with van der Waals surface area (Å²) >= 11 is 0. The van der Waals surface area contributed by atoms with E-state index in [9.17, 15) is 0 Å². The summed E-state index contributed by atoms with van der Waals surface area (Å²) in [6, 6.07) is 10.5. The summed E-state index contributed by atoms with van der Waals surface area (Å²) in [4.78, 5) is 2.42. The first kappa shape index (κ1) is 15.1. The fourth-order valence-electron chi connectivity index (χ4n) is 2.49. The summed E-state index contributed by atoms with van der Waals surface area (Å²) in [7, 11) is 0. The van der Waals surface area contributed by atoms with Gasteiger partial charge in [0, 0.05) is 24.5 Å². The molecule has 1 aromatic heterocycles. The molecule has 2 N–H and O–H groups in total. The zero-order valence-corrected chi connectivity index (χ0v) is 13.0. The molecule has 1 unspecified atom stereocenters.